The Morgan fingerprint density at radius 3 is 2.70 bits per heavy atom. The first-order chi connectivity index (χ1) is 12.7. The summed E-state index contributed by atoms with van der Waals surface area (Å²) in [6, 6.07) is 5.24. The second-order valence-corrected chi connectivity index (χ2v) is 6.74. The molecular formula is C19H19F3N2O3. The van der Waals surface area contributed by atoms with Gasteiger partial charge in [0.25, 0.3) is 5.91 Å². The van der Waals surface area contributed by atoms with E-state index in [-0.39, 0.29) is 12.0 Å². The zero-order chi connectivity index (χ0) is 19.8. The number of alkyl halides is 3. The van der Waals surface area contributed by atoms with Gasteiger partial charge in [0.05, 0.1) is 13.2 Å². The minimum absolute atomic E-state index is 0.117. The van der Waals surface area contributed by atoms with Crippen molar-refractivity contribution in [1.29, 1.82) is 0 Å². The van der Waals surface area contributed by atoms with Crippen LogP contribution in [-0.2, 0) is 16.0 Å². The Balaban J connectivity index is 1.78. The van der Waals surface area contributed by atoms with Crippen molar-refractivity contribution < 1.29 is 27.5 Å². The van der Waals surface area contributed by atoms with Crippen LogP contribution in [0.1, 0.15) is 30.5 Å². The summed E-state index contributed by atoms with van der Waals surface area (Å²) in [6.45, 7) is 1.98. The highest BCUT2D eigenvalue weighted by Crippen LogP contribution is 2.36. The topological polar surface area (TPSA) is 67.8 Å². The van der Waals surface area contributed by atoms with Crippen molar-refractivity contribution in [3.05, 3.63) is 41.5 Å². The molecule has 8 heteroatoms. The Kier molecular flexibility index (Phi) is 5.08. The lowest BCUT2D eigenvalue weighted by Crippen LogP contribution is -2.41. The number of nitrogens with zero attached hydrogens (tertiary/aromatic N) is 1. The van der Waals surface area contributed by atoms with Crippen LogP contribution in [0.4, 0.5) is 13.2 Å². The molecule has 3 unspecified atom stereocenters. The number of carbonyl (C=O) groups is 2. The fourth-order valence-electron chi connectivity index (χ4n) is 3.40. The number of benzene rings is 1. The first-order valence-electron chi connectivity index (χ1n) is 8.56. The van der Waals surface area contributed by atoms with Gasteiger partial charge < -0.3 is 10.1 Å². The molecule has 1 aliphatic carbocycles. The Morgan fingerprint density at radius 2 is 2.07 bits per heavy atom. The number of fused-ring (bicyclic) bond motifs is 1. The number of aryl methyl sites for hydroxylation is 1. The van der Waals surface area contributed by atoms with Crippen LogP contribution in [-0.4, -0.2) is 30.8 Å². The van der Waals surface area contributed by atoms with Crippen molar-refractivity contribution in [3.63, 3.8) is 0 Å². The van der Waals surface area contributed by atoms with Crippen molar-refractivity contribution in [3.8, 4) is 5.75 Å². The average molecular weight is 380 g/mol. The molecule has 0 radical (unpaired) electrons. The second-order valence-electron chi connectivity index (χ2n) is 6.74. The lowest BCUT2D eigenvalue weighted by molar-refractivity contribution is -0.132. The first-order valence-corrected chi connectivity index (χ1v) is 8.56. The lowest BCUT2D eigenvalue weighted by atomic mass is 9.80. The van der Waals surface area contributed by atoms with E-state index in [0.717, 1.165) is 30.0 Å². The van der Waals surface area contributed by atoms with E-state index in [9.17, 15) is 22.8 Å². The molecule has 0 saturated carbocycles. The summed E-state index contributed by atoms with van der Waals surface area (Å²) in [5, 5.41) is 2.81. The molecule has 2 aliphatic rings. The normalized spacial score (nSPS) is 24.9. The highest BCUT2D eigenvalue weighted by Gasteiger charge is 2.39. The number of hydrogen-bond donors (Lipinski definition) is 1. The van der Waals surface area contributed by atoms with E-state index in [1.165, 1.54) is 0 Å². The Labute approximate surface area is 154 Å². The van der Waals surface area contributed by atoms with E-state index in [1.54, 1.807) is 13.2 Å². The van der Waals surface area contributed by atoms with Crippen LogP contribution in [0.5, 0.6) is 5.75 Å². The number of carbonyl (C=O) groups excluding carboxylic acids is 2. The molecular weight excluding hydrogens is 361 g/mol. The third-order valence-electron chi connectivity index (χ3n) is 4.94. The van der Waals surface area contributed by atoms with Crippen LogP contribution in [0.25, 0.3) is 0 Å². The molecule has 0 saturated heterocycles. The molecule has 2 amide bonds. The van der Waals surface area contributed by atoms with Gasteiger partial charge in [-0.25, -0.2) is 4.99 Å². The van der Waals surface area contributed by atoms with Crippen molar-refractivity contribution in [2.75, 3.05) is 7.11 Å². The van der Waals surface area contributed by atoms with E-state index in [1.807, 2.05) is 19.1 Å². The smallest absolute Gasteiger partial charge is 0.433 e. The standard InChI is InChI=1S/C19H19F3N2O3/c1-10-3-4-11-9-12(27-2)5-6-13(11)16(10)24-18(26)14-7-8-15(19(20,21)22)23-17(14)25/h5-10,14,16H,3-4H2,1-2H3,(H,24,26). The number of halogens is 3. The van der Waals surface area contributed by atoms with Crippen LogP contribution in [0, 0.1) is 11.8 Å². The van der Waals surface area contributed by atoms with Crippen LogP contribution in [0.15, 0.2) is 35.3 Å². The zero-order valence-electron chi connectivity index (χ0n) is 14.8. The molecule has 27 heavy (non-hydrogen) atoms. The van der Waals surface area contributed by atoms with Gasteiger partial charge in [0.1, 0.15) is 17.4 Å². The fourth-order valence-corrected chi connectivity index (χ4v) is 3.40. The SMILES string of the molecule is COc1ccc2c(c1)CCC(C)C2NC(=O)C1C=CC(C(F)(F)F)=NC1=O. The molecule has 0 spiro atoms. The number of ether oxygens (including phenoxy) is 1. The Morgan fingerprint density at radius 1 is 1.33 bits per heavy atom. The molecule has 5 nitrogen and oxygen atoms in total. The summed E-state index contributed by atoms with van der Waals surface area (Å²) in [5.74, 6) is -2.28. The van der Waals surface area contributed by atoms with Gasteiger partial charge >= 0.3 is 6.18 Å². The van der Waals surface area contributed by atoms with Gasteiger partial charge in [-0.15, -0.1) is 0 Å². The molecule has 1 aliphatic heterocycles. The molecule has 0 aromatic heterocycles. The Bertz CT molecular complexity index is 830. The van der Waals surface area contributed by atoms with Crippen LogP contribution >= 0.6 is 0 Å². The van der Waals surface area contributed by atoms with E-state index in [0.29, 0.717) is 11.8 Å². The number of hydrogen-bond acceptors (Lipinski definition) is 3. The number of amides is 2. The third kappa shape index (κ3) is 3.89. The molecule has 1 aromatic rings. The molecule has 144 valence electrons. The van der Waals surface area contributed by atoms with Gasteiger partial charge in [-0.1, -0.05) is 19.1 Å². The van der Waals surface area contributed by atoms with E-state index in [4.69, 9.17) is 4.74 Å². The zero-order valence-corrected chi connectivity index (χ0v) is 14.8. The maximum absolute atomic E-state index is 12.6. The van der Waals surface area contributed by atoms with Crippen molar-refractivity contribution in [2.24, 2.45) is 16.8 Å². The quantitative estimate of drug-likeness (QED) is 0.819. The summed E-state index contributed by atoms with van der Waals surface area (Å²) >= 11 is 0. The summed E-state index contributed by atoms with van der Waals surface area (Å²) in [7, 11) is 1.57. The predicted molar refractivity (Wildman–Crippen MR) is 92.5 cm³/mol. The van der Waals surface area contributed by atoms with E-state index < -0.39 is 29.6 Å². The number of dihydropyridines is 1. The minimum atomic E-state index is -4.72. The highest BCUT2D eigenvalue weighted by atomic mass is 19.4. The van der Waals surface area contributed by atoms with Gasteiger partial charge in [-0.05, 0) is 48.1 Å². The number of allylic oxidation sites excluding steroid dienone is 1. The summed E-state index contributed by atoms with van der Waals surface area (Å²) in [5.41, 5.74) is 0.676. The number of rotatable bonds is 3. The molecule has 3 atom stereocenters. The van der Waals surface area contributed by atoms with Crippen molar-refractivity contribution in [2.45, 2.75) is 32.0 Å². The summed E-state index contributed by atoms with van der Waals surface area (Å²) in [4.78, 5) is 27.5. The maximum Gasteiger partial charge on any atom is 0.433 e. The van der Waals surface area contributed by atoms with Gasteiger partial charge in [0.2, 0.25) is 5.91 Å². The third-order valence-corrected chi connectivity index (χ3v) is 4.94. The summed E-state index contributed by atoms with van der Waals surface area (Å²) < 4.78 is 43.2. The van der Waals surface area contributed by atoms with Crippen molar-refractivity contribution in [1.82, 2.24) is 5.32 Å². The minimum Gasteiger partial charge on any atom is -0.497 e. The highest BCUT2D eigenvalue weighted by molar-refractivity contribution is 6.14. The number of methoxy groups -OCH3 is 1. The van der Waals surface area contributed by atoms with Crippen LogP contribution < -0.4 is 10.1 Å². The van der Waals surface area contributed by atoms with E-state index in [2.05, 4.69) is 10.3 Å². The maximum atomic E-state index is 12.6. The van der Waals surface area contributed by atoms with Gasteiger partial charge in [0.15, 0.2) is 0 Å². The fraction of sp³-hybridized carbons (Fsp3) is 0.421. The van der Waals surface area contributed by atoms with Crippen LogP contribution in [0.3, 0.4) is 0 Å². The average Bonchev–Trinajstić information content (AvgIpc) is 2.62. The molecule has 0 bridgehead atoms. The number of nitrogens with one attached hydrogen (secondary N) is 1. The lowest BCUT2D eigenvalue weighted by Gasteiger charge is -2.33. The molecule has 3 rings (SSSR count). The molecule has 1 heterocycles. The molecule has 1 aromatic carbocycles. The monoisotopic (exact) mass is 380 g/mol. The largest absolute Gasteiger partial charge is 0.497 e. The number of aliphatic imine (C=N–C) groups is 1. The van der Waals surface area contributed by atoms with Gasteiger partial charge in [0, 0.05) is 0 Å². The second kappa shape index (κ2) is 7.17. The molecule has 1 N–H and O–H groups in total. The van der Waals surface area contributed by atoms with Gasteiger partial charge in [-0.2, -0.15) is 13.2 Å². The van der Waals surface area contributed by atoms with Gasteiger partial charge in [-0.3, -0.25) is 9.59 Å². The van der Waals surface area contributed by atoms with Crippen LogP contribution in [0.2, 0.25) is 0 Å². The van der Waals surface area contributed by atoms with E-state index >= 15 is 0 Å². The first kappa shape index (κ1) is 19.1. The predicted octanol–water partition coefficient (Wildman–Crippen LogP) is 3.15. The summed E-state index contributed by atoms with van der Waals surface area (Å²) in [6.07, 6.45) is -1.42. The van der Waals surface area contributed by atoms with Crippen molar-refractivity contribution >= 4 is 17.5 Å². The Hall–Kier alpha value is -2.64. The molecule has 0 fully saturated rings.